The highest BCUT2D eigenvalue weighted by atomic mass is 16.4. The van der Waals surface area contributed by atoms with Crippen LogP contribution in [0.3, 0.4) is 0 Å². The normalized spacial score (nSPS) is 18.6. The Morgan fingerprint density at radius 3 is 2.63 bits per heavy atom. The number of oxime groups is 1. The van der Waals surface area contributed by atoms with Crippen LogP contribution in [0.25, 0.3) is 0 Å². The van der Waals surface area contributed by atoms with E-state index in [1.165, 1.54) is 25.7 Å². The summed E-state index contributed by atoms with van der Waals surface area (Å²) in [6, 6.07) is 0.699. The van der Waals surface area contributed by atoms with E-state index in [0.29, 0.717) is 11.9 Å². The number of nitrogens with one attached hydrogen (secondary N) is 1. The second-order valence-electron chi connectivity index (χ2n) is 6.56. The van der Waals surface area contributed by atoms with Gasteiger partial charge in [0.2, 0.25) is 0 Å². The molecule has 0 spiro atoms. The van der Waals surface area contributed by atoms with Crippen molar-refractivity contribution in [2.45, 2.75) is 71.8 Å². The summed E-state index contributed by atoms with van der Waals surface area (Å²) in [4.78, 5) is 0. The van der Waals surface area contributed by atoms with Crippen LogP contribution in [0, 0.1) is 11.3 Å². The van der Waals surface area contributed by atoms with E-state index in [4.69, 9.17) is 10.9 Å². The number of amidine groups is 1. The molecule has 19 heavy (non-hydrogen) atoms. The van der Waals surface area contributed by atoms with Gasteiger partial charge in [-0.2, -0.15) is 0 Å². The number of nitrogens with two attached hydrogens (primary N) is 1. The fraction of sp³-hybridized carbons (Fsp3) is 0.933. The van der Waals surface area contributed by atoms with Crippen molar-refractivity contribution in [3.05, 3.63) is 0 Å². The van der Waals surface area contributed by atoms with Gasteiger partial charge in [0.1, 0.15) is 5.84 Å². The Labute approximate surface area is 117 Å². The van der Waals surface area contributed by atoms with Gasteiger partial charge in [-0.15, -0.1) is 0 Å². The maximum absolute atomic E-state index is 8.72. The maximum atomic E-state index is 8.72. The van der Waals surface area contributed by atoms with Gasteiger partial charge < -0.3 is 16.3 Å². The summed E-state index contributed by atoms with van der Waals surface area (Å²) in [5.74, 6) is 1.33. The van der Waals surface area contributed by atoms with Crippen molar-refractivity contribution in [2.75, 3.05) is 6.54 Å². The first-order chi connectivity index (χ1) is 8.99. The predicted molar refractivity (Wildman–Crippen MR) is 80.5 cm³/mol. The molecule has 0 aliphatic heterocycles. The SMILES string of the molecule is CCC(CC1CC1)NCCCCC(C)(C)C(N)=NO. The van der Waals surface area contributed by atoms with Gasteiger partial charge in [-0.05, 0) is 38.1 Å². The van der Waals surface area contributed by atoms with E-state index in [1.54, 1.807) is 0 Å². The average Bonchev–Trinajstić information content (AvgIpc) is 3.19. The Morgan fingerprint density at radius 2 is 2.11 bits per heavy atom. The zero-order chi connectivity index (χ0) is 14.3. The van der Waals surface area contributed by atoms with Gasteiger partial charge in [0.25, 0.3) is 0 Å². The molecule has 0 heterocycles. The largest absolute Gasteiger partial charge is 0.409 e. The van der Waals surface area contributed by atoms with Crippen LogP contribution in [0.4, 0.5) is 0 Å². The Morgan fingerprint density at radius 1 is 1.42 bits per heavy atom. The van der Waals surface area contributed by atoms with E-state index in [2.05, 4.69) is 17.4 Å². The highest BCUT2D eigenvalue weighted by Crippen LogP contribution is 2.34. The van der Waals surface area contributed by atoms with E-state index in [9.17, 15) is 0 Å². The lowest BCUT2D eigenvalue weighted by Crippen LogP contribution is -2.32. The summed E-state index contributed by atoms with van der Waals surface area (Å²) in [5, 5.41) is 15.5. The van der Waals surface area contributed by atoms with E-state index in [1.807, 2.05) is 13.8 Å². The third-order valence-corrected chi connectivity index (χ3v) is 4.27. The maximum Gasteiger partial charge on any atom is 0.144 e. The van der Waals surface area contributed by atoms with Crippen molar-refractivity contribution < 1.29 is 5.21 Å². The van der Waals surface area contributed by atoms with Gasteiger partial charge in [0.05, 0.1) is 0 Å². The van der Waals surface area contributed by atoms with Crippen LogP contribution in [0.1, 0.15) is 65.7 Å². The molecule has 0 saturated heterocycles. The molecule has 0 bridgehead atoms. The van der Waals surface area contributed by atoms with Crippen LogP contribution in [0.2, 0.25) is 0 Å². The minimum Gasteiger partial charge on any atom is -0.409 e. The standard InChI is InChI=1S/C15H31N3O/c1-4-13(11-12-7-8-12)17-10-6-5-9-15(2,3)14(16)18-19/h12-13,17,19H,4-11H2,1-3H3,(H2,16,18). The molecule has 1 aliphatic rings. The molecule has 4 nitrogen and oxygen atoms in total. The van der Waals surface area contributed by atoms with Crippen LogP contribution >= 0.6 is 0 Å². The molecule has 1 fully saturated rings. The molecule has 0 aromatic rings. The molecule has 0 amide bonds. The Hall–Kier alpha value is -0.770. The molecular weight excluding hydrogens is 238 g/mol. The molecule has 4 N–H and O–H groups in total. The third kappa shape index (κ3) is 6.28. The number of hydrogen-bond donors (Lipinski definition) is 3. The topological polar surface area (TPSA) is 70.6 Å². The van der Waals surface area contributed by atoms with Crippen molar-refractivity contribution in [2.24, 2.45) is 22.2 Å². The molecule has 1 unspecified atom stereocenters. The predicted octanol–water partition coefficient (Wildman–Crippen LogP) is 3.10. The summed E-state index contributed by atoms with van der Waals surface area (Å²) in [6.45, 7) is 7.40. The molecular formula is C15H31N3O. The first kappa shape index (κ1) is 16.3. The van der Waals surface area contributed by atoms with E-state index < -0.39 is 0 Å². The quantitative estimate of drug-likeness (QED) is 0.188. The molecule has 1 saturated carbocycles. The molecule has 0 aromatic heterocycles. The summed E-state index contributed by atoms with van der Waals surface area (Å²) in [6.07, 6.45) is 8.68. The Balaban J connectivity index is 2.09. The van der Waals surface area contributed by atoms with Gasteiger partial charge >= 0.3 is 0 Å². The van der Waals surface area contributed by atoms with Crippen LogP contribution in [0.15, 0.2) is 5.16 Å². The summed E-state index contributed by atoms with van der Waals surface area (Å²) < 4.78 is 0. The molecule has 4 heteroatoms. The fourth-order valence-electron chi connectivity index (χ4n) is 2.41. The molecule has 0 radical (unpaired) electrons. The number of nitrogens with zero attached hydrogens (tertiary/aromatic N) is 1. The zero-order valence-electron chi connectivity index (χ0n) is 12.8. The van der Waals surface area contributed by atoms with Gasteiger partial charge in [-0.1, -0.05) is 45.2 Å². The highest BCUT2D eigenvalue weighted by Gasteiger charge is 2.25. The fourth-order valence-corrected chi connectivity index (χ4v) is 2.41. The van der Waals surface area contributed by atoms with E-state index in [-0.39, 0.29) is 5.41 Å². The van der Waals surface area contributed by atoms with Gasteiger partial charge in [0.15, 0.2) is 0 Å². The van der Waals surface area contributed by atoms with Crippen molar-refractivity contribution in [1.82, 2.24) is 5.32 Å². The number of hydrogen-bond acceptors (Lipinski definition) is 3. The van der Waals surface area contributed by atoms with Crippen molar-refractivity contribution in [3.8, 4) is 0 Å². The first-order valence-corrected chi connectivity index (χ1v) is 7.71. The summed E-state index contributed by atoms with van der Waals surface area (Å²) in [7, 11) is 0. The monoisotopic (exact) mass is 269 g/mol. The van der Waals surface area contributed by atoms with Crippen LogP contribution in [-0.2, 0) is 0 Å². The summed E-state index contributed by atoms with van der Waals surface area (Å²) >= 11 is 0. The van der Waals surface area contributed by atoms with E-state index in [0.717, 1.165) is 31.7 Å². The van der Waals surface area contributed by atoms with Gasteiger partial charge in [0, 0.05) is 11.5 Å². The second-order valence-corrected chi connectivity index (χ2v) is 6.56. The smallest absolute Gasteiger partial charge is 0.144 e. The van der Waals surface area contributed by atoms with E-state index >= 15 is 0 Å². The third-order valence-electron chi connectivity index (χ3n) is 4.27. The Kier molecular flexibility index (Phi) is 6.63. The molecule has 1 atom stereocenters. The minimum atomic E-state index is -0.201. The summed E-state index contributed by atoms with van der Waals surface area (Å²) in [5.41, 5.74) is 5.48. The van der Waals surface area contributed by atoms with Crippen LogP contribution in [-0.4, -0.2) is 23.6 Å². The first-order valence-electron chi connectivity index (χ1n) is 7.71. The Bertz CT molecular complexity index is 285. The minimum absolute atomic E-state index is 0.201. The molecule has 0 aromatic carbocycles. The lowest BCUT2D eigenvalue weighted by molar-refractivity contribution is 0.304. The number of unbranched alkanes of at least 4 members (excludes halogenated alkanes) is 1. The van der Waals surface area contributed by atoms with Crippen molar-refractivity contribution in [3.63, 3.8) is 0 Å². The molecule has 112 valence electrons. The highest BCUT2D eigenvalue weighted by molar-refractivity contribution is 5.85. The average molecular weight is 269 g/mol. The second kappa shape index (κ2) is 7.73. The van der Waals surface area contributed by atoms with Crippen molar-refractivity contribution >= 4 is 5.84 Å². The number of rotatable bonds is 10. The van der Waals surface area contributed by atoms with Gasteiger partial charge in [-0.25, -0.2) is 0 Å². The lowest BCUT2D eigenvalue weighted by atomic mass is 9.86. The molecule has 1 rings (SSSR count). The molecule has 1 aliphatic carbocycles. The lowest BCUT2D eigenvalue weighted by Gasteiger charge is -2.23. The van der Waals surface area contributed by atoms with Crippen molar-refractivity contribution in [1.29, 1.82) is 0 Å². The van der Waals surface area contributed by atoms with Crippen LogP contribution < -0.4 is 11.1 Å². The van der Waals surface area contributed by atoms with Crippen LogP contribution in [0.5, 0.6) is 0 Å². The van der Waals surface area contributed by atoms with Gasteiger partial charge in [-0.3, -0.25) is 0 Å². The zero-order valence-corrected chi connectivity index (χ0v) is 12.8.